The number of benzene rings is 1. The number of primary sulfonamides is 1. The van der Waals surface area contributed by atoms with Gasteiger partial charge in [0.1, 0.15) is 5.15 Å². The molecule has 0 aliphatic rings. The van der Waals surface area contributed by atoms with E-state index in [1.54, 1.807) is 6.07 Å². The third kappa shape index (κ3) is 2.93. The van der Waals surface area contributed by atoms with Crippen molar-refractivity contribution in [3.63, 3.8) is 0 Å². The van der Waals surface area contributed by atoms with Crippen LogP contribution in [-0.2, 0) is 10.0 Å². The van der Waals surface area contributed by atoms with Gasteiger partial charge >= 0.3 is 0 Å². The first-order valence-electron chi connectivity index (χ1n) is 5.23. The van der Waals surface area contributed by atoms with Gasteiger partial charge in [0.2, 0.25) is 10.0 Å². The van der Waals surface area contributed by atoms with Gasteiger partial charge in [0.05, 0.1) is 15.5 Å². The molecule has 0 aliphatic heterocycles. The number of non-ortho nitro benzene ring substituents is 1. The molecule has 0 bridgehead atoms. The van der Waals surface area contributed by atoms with E-state index >= 15 is 0 Å². The number of hydrogen-bond acceptors (Lipinski definition) is 5. The lowest BCUT2D eigenvalue weighted by Gasteiger charge is -2.07. The second kappa shape index (κ2) is 5.16. The number of nitro groups is 1. The van der Waals surface area contributed by atoms with Crippen LogP contribution >= 0.6 is 11.6 Å². The molecule has 0 saturated heterocycles. The normalized spacial score (nSPS) is 11.3. The molecule has 0 fully saturated rings. The summed E-state index contributed by atoms with van der Waals surface area (Å²) < 4.78 is 23.1. The maximum absolute atomic E-state index is 11.5. The minimum atomic E-state index is -4.04. The third-order valence-electron chi connectivity index (χ3n) is 2.47. The van der Waals surface area contributed by atoms with Crippen molar-refractivity contribution in [2.75, 3.05) is 0 Å². The number of aromatic nitrogens is 1. The first-order valence-corrected chi connectivity index (χ1v) is 7.15. The van der Waals surface area contributed by atoms with E-state index in [1.165, 1.54) is 12.1 Å². The Morgan fingerprint density at radius 3 is 2.50 bits per heavy atom. The first kappa shape index (κ1) is 14.4. The Bertz CT molecular complexity index is 792. The number of nitro benzene ring substituents is 1. The van der Waals surface area contributed by atoms with Crippen molar-refractivity contribution in [1.82, 2.24) is 4.98 Å². The van der Waals surface area contributed by atoms with Crippen LogP contribution in [0.25, 0.3) is 11.3 Å². The molecule has 9 heteroatoms. The Labute approximate surface area is 119 Å². The highest BCUT2D eigenvalue weighted by Crippen LogP contribution is 2.29. The van der Waals surface area contributed by atoms with E-state index < -0.39 is 14.9 Å². The highest BCUT2D eigenvalue weighted by atomic mass is 35.5. The van der Waals surface area contributed by atoms with Gasteiger partial charge in [-0.3, -0.25) is 10.1 Å². The Hall–Kier alpha value is -2.03. The molecule has 104 valence electrons. The zero-order valence-corrected chi connectivity index (χ0v) is 11.4. The average molecular weight is 314 g/mol. The SMILES string of the molecule is NS(=O)(=O)c1ccc([N+](=O)[O-])cc1-c1cccc(Cl)n1. The number of sulfonamides is 1. The van der Waals surface area contributed by atoms with Gasteiger partial charge in [-0.2, -0.15) is 0 Å². The van der Waals surface area contributed by atoms with Crippen molar-refractivity contribution in [1.29, 1.82) is 0 Å². The molecule has 0 unspecified atom stereocenters. The Balaban J connectivity index is 2.77. The minimum absolute atomic E-state index is 0.0317. The van der Waals surface area contributed by atoms with Crippen LogP contribution < -0.4 is 5.14 Å². The molecule has 1 aromatic heterocycles. The second-order valence-corrected chi connectivity index (χ2v) is 5.75. The lowest BCUT2D eigenvalue weighted by atomic mass is 10.1. The minimum Gasteiger partial charge on any atom is -0.258 e. The molecule has 0 aliphatic carbocycles. The molecule has 1 heterocycles. The number of hydrogen-bond donors (Lipinski definition) is 1. The Morgan fingerprint density at radius 2 is 1.95 bits per heavy atom. The smallest absolute Gasteiger partial charge is 0.258 e. The van der Waals surface area contributed by atoms with Crippen LogP contribution in [0.4, 0.5) is 5.69 Å². The number of nitrogens with zero attached hydrogens (tertiary/aromatic N) is 2. The van der Waals surface area contributed by atoms with Crippen LogP contribution in [0.1, 0.15) is 0 Å². The summed E-state index contributed by atoms with van der Waals surface area (Å²) in [6.07, 6.45) is 0. The summed E-state index contributed by atoms with van der Waals surface area (Å²) in [4.78, 5) is 13.8. The number of pyridine rings is 1. The lowest BCUT2D eigenvalue weighted by Crippen LogP contribution is -2.13. The van der Waals surface area contributed by atoms with E-state index in [9.17, 15) is 18.5 Å². The zero-order chi connectivity index (χ0) is 14.9. The van der Waals surface area contributed by atoms with E-state index in [-0.39, 0.29) is 27.0 Å². The quantitative estimate of drug-likeness (QED) is 0.528. The topological polar surface area (TPSA) is 116 Å². The van der Waals surface area contributed by atoms with Crippen molar-refractivity contribution in [2.24, 2.45) is 5.14 Å². The van der Waals surface area contributed by atoms with Gasteiger partial charge in [0, 0.05) is 17.7 Å². The van der Waals surface area contributed by atoms with Crippen molar-refractivity contribution in [3.8, 4) is 11.3 Å². The first-order chi connectivity index (χ1) is 9.29. The molecule has 0 amide bonds. The van der Waals surface area contributed by atoms with Gasteiger partial charge in [-0.1, -0.05) is 17.7 Å². The molecule has 20 heavy (non-hydrogen) atoms. The van der Waals surface area contributed by atoms with Crippen molar-refractivity contribution < 1.29 is 13.3 Å². The monoisotopic (exact) mass is 313 g/mol. The summed E-state index contributed by atoms with van der Waals surface area (Å²) >= 11 is 5.74. The third-order valence-corrected chi connectivity index (χ3v) is 3.65. The highest BCUT2D eigenvalue weighted by Gasteiger charge is 2.20. The van der Waals surface area contributed by atoms with Crippen LogP contribution in [0.3, 0.4) is 0 Å². The van der Waals surface area contributed by atoms with Crippen molar-refractivity contribution >= 4 is 27.3 Å². The predicted molar refractivity (Wildman–Crippen MR) is 72.7 cm³/mol. The van der Waals surface area contributed by atoms with Crippen LogP contribution in [-0.4, -0.2) is 18.3 Å². The fourth-order valence-corrected chi connectivity index (χ4v) is 2.53. The van der Waals surface area contributed by atoms with E-state index in [0.29, 0.717) is 0 Å². The number of nitrogens with two attached hydrogens (primary N) is 1. The molecule has 0 atom stereocenters. The Morgan fingerprint density at radius 1 is 1.25 bits per heavy atom. The summed E-state index contributed by atoms with van der Waals surface area (Å²) in [7, 11) is -4.04. The number of rotatable bonds is 3. The molecule has 2 rings (SSSR count). The molecule has 7 nitrogen and oxygen atoms in total. The summed E-state index contributed by atoms with van der Waals surface area (Å²) in [5, 5.41) is 16.0. The van der Waals surface area contributed by atoms with Gasteiger partial charge in [0.25, 0.3) is 5.69 Å². The fourth-order valence-electron chi connectivity index (χ4n) is 1.64. The van der Waals surface area contributed by atoms with Gasteiger partial charge in [-0.25, -0.2) is 18.5 Å². The summed E-state index contributed by atoms with van der Waals surface area (Å²) in [6.45, 7) is 0. The van der Waals surface area contributed by atoms with Crippen molar-refractivity contribution in [2.45, 2.75) is 4.90 Å². The van der Waals surface area contributed by atoms with Crippen LogP contribution in [0.2, 0.25) is 5.15 Å². The second-order valence-electron chi connectivity index (χ2n) is 3.83. The van der Waals surface area contributed by atoms with Crippen LogP contribution in [0.15, 0.2) is 41.3 Å². The zero-order valence-electron chi connectivity index (χ0n) is 9.86. The van der Waals surface area contributed by atoms with E-state index in [4.69, 9.17) is 16.7 Å². The summed E-state index contributed by atoms with van der Waals surface area (Å²) in [5.41, 5.74) is -0.0522. The maximum atomic E-state index is 11.5. The highest BCUT2D eigenvalue weighted by molar-refractivity contribution is 7.89. The molecular weight excluding hydrogens is 306 g/mol. The summed E-state index contributed by atoms with van der Waals surface area (Å²) in [6, 6.07) is 7.77. The molecule has 0 spiro atoms. The van der Waals surface area contributed by atoms with E-state index in [0.717, 1.165) is 18.2 Å². The summed E-state index contributed by atoms with van der Waals surface area (Å²) in [5.74, 6) is 0. The van der Waals surface area contributed by atoms with E-state index in [2.05, 4.69) is 4.98 Å². The Kier molecular flexibility index (Phi) is 3.71. The average Bonchev–Trinajstić information content (AvgIpc) is 2.37. The van der Waals surface area contributed by atoms with Gasteiger partial charge in [-0.05, 0) is 18.2 Å². The van der Waals surface area contributed by atoms with E-state index in [1.807, 2.05) is 0 Å². The molecule has 2 aromatic rings. The van der Waals surface area contributed by atoms with Crippen LogP contribution in [0, 0.1) is 10.1 Å². The molecule has 1 aromatic carbocycles. The van der Waals surface area contributed by atoms with Crippen molar-refractivity contribution in [3.05, 3.63) is 51.7 Å². The predicted octanol–water partition coefficient (Wildman–Crippen LogP) is 1.96. The maximum Gasteiger partial charge on any atom is 0.270 e. The fraction of sp³-hybridized carbons (Fsp3) is 0. The van der Waals surface area contributed by atoms with Gasteiger partial charge < -0.3 is 0 Å². The largest absolute Gasteiger partial charge is 0.270 e. The molecule has 0 saturated carbocycles. The van der Waals surface area contributed by atoms with Crippen LogP contribution in [0.5, 0.6) is 0 Å². The van der Waals surface area contributed by atoms with Gasteiger partial charge in [0.15, 0.2) is 0 Å². The standard InChI is InChI=1S/C11H8ClN3O4S/c12-11-3-1-2-9(14-11)8-6-7(15(16)17)4-5-10(8)20(13,18)19/h1-6H,(H2,13,18,19). The van der Waals surface area contributed by atoms with Gasteiger partial charge in [-0.15, -0.1) is 0 Å². The molecule has 2 N–H and O–H groups in total. The number of halogens is 1. The molecule has 0 radical (unpaired) electrons. The lowest BCUT2D eigenvalue weighted by molar-refractivity contribution is -0.384. The molecular formula is C11H8ClN3O4S.